The molecule has 4 rings (SSSR count). The van der Waals surface area contributed by atoms with Crippen molar-refractivity contribution in [3.63, 3.8) is 0 Å². The highest BCUT2D eigenvalue weighted by atomic mass is 16.5. The van der Waals surface area contributed by atoms with Crippen LogP contribution in [0, 0.1) is 26.7 Å². The number of rotatable bonds is 5. The minimum atomic E-state index is -0.152. The van der Waals surface area contributed by atoms with Gasteiger partial charge in [0.25, 0.3) is 5.91 Å². The van der Waals surface area contributed by atoms with Crippen LogP contribution in [-0.4, -0.2) is 41.0 Å². The highest BCUT2D eigenvalue weighted by molar-refractivity contribution is 5.98. The molecule has 0 radical (unpaired) electrons. The Bertz CT molecular complexity index is 1120. The molecule has 3 heterocycles. The molecule has 0 spiro atoms. The Hall–Kier alpha value is -3.02. The van der Waals surface area contributed by atoms with E-state index in [1.807, 2.05) is 30.9 Å². The van der Waals surface area contributed by atoms with Crippen LogP contribution in [0.2, 0.25) is 0 Å². The van der Waals surface area contributed by atoms with Crippen molar-refractivity contribution in [1.82, 2.24) is 9.47 Å². The lowest BCUT2D eigenvalue weighted by molar-refractivity contribution is -0.149. The van der Waals surface area contributed by atoms with Crippen LogP contribution in [0.25, 0.3) is 11.1 Å². The number of esters is 1. The first-order valence-electron chi connectivity index (χ1n) is 11.0. The zero-order chi connectivity index (χ0) is 22.1. The number of hydrogen-bond donors (Lipinski definition) is 0. The molecule has 164 valence electrons. The van der Waals surface area contributed by atoms with Gasteiger partial charge >= 0.3 is 5.97 Å². The lowest BCUT2D eigenvalue weighted by atomic mass is 9.97. The zero-order valence-corrected chi connectivity index (χ0v) is 18.7. The smallest absolute Gasteiger partial charge is 0.309 e. The molecular formula is C25H30N2O4. The summed E-state index contributed by atoms with van der Waals surface area (Å²) in [4.78, 5) is 27.3. The molecule has 3 aromatic rings. The number of ether oxygens (including phenoxy) is 1. The van der Waals surface area contributed by atoms with E-state index >= 15 is 0 Å². The molecule has 0 atom stereocenters. The van der Waals surface area contributed by atoms with Gasteiger partial charge in [0.15, 0.2) is 5.58 Å². The Morgan fingerprint density at radius 1 is 1.10 bits per heavy atom. The first-order valence-corrected chi connectivity index (χ1v) is 11.0. The summed E-state index contributed by atoms with van der Waals surface area (Å²) in [6.45, 7) is 10.0. The molecule has 1 aliphatic rings. The monoisotopic (exact) mass is 422 g/mol. The third-order valence-corrected chi connectivity index (χ3v) is 6.17. The Labute approximate surface area is 182 Å². The third kappa shape index (κ3) is 4.24. The molecule has 31 heavy (non-hydrogen) atoms. The number of aromatic nitrogens is 1. The number of nitrogens with zero attached hydrogens (tertiary/aromatic N) is 2. The molecule has 1 fully saturated rings. The molecule has 0 aliphatic carbocycles. The molecule has 2 aromatic heterocycles. The van der Waals surface area contributed by atoms with Gasteiger partial charge in [0.05, 0.1) is 18.0 Å². The Morgan fingerprint density at radius 2 is 1.84 bits per heavy atom. The average molecular weight is 423 g/mol. The Kier molecular flexibility index (Phi) is 5.90. The minimum absolute atomic E-state index is 0.0170. The molecular weight excluding hydrogens is 392 g/mol. The van der Waals surface area contributed by atoms with Gasteiger partial charge < -0.3 is 18.6 Å². The highest BCUT2D eigenvalue weighted by Gasteiger charge is 2.30. The van der Waals surface area contributed by atoms with E-state index in [0.717, 1.165) is 16.9 Å². The Morgan fingerprint density at radius 3 is 2.55 bits per heavy atom. The average Bonchev–Trinajstić information content (AvgIpc) is 3.27. The fourth-order valence-corrected chi connectivity index (χ4v) is 4.39. The van der Waals surface area contributed by atoms with Gasteiger partial charge in [0, 0.05) is 31.8 Å². The summed E-state index contributed by atoms with van der Waals surface area (Å²) in [6, 6.07) is 10.2. The number of carbonyl (C=O) groups is 2. The summed E-state index contributed by atoms with van der Waals surface area (Å²) in [5.74, 6) is 0.538. The van der Waals surface area contributed by atoms with Crippen LogP contribution in [0.3, 0.4) is 0 Å². The summed E-state index contributed by atoms with van der Waals surface area (Å²) in [7, 11) is 0. The first-order chi connectivity index (χ1) is 14.9. The maximum atomic E-state index is 13.5. The highest BCUT2D eigenvalue weighted by Crippen LogP contribution is 2.28. The van der Waals surface area contributed by atoms with Crippen LogP contribution in [-0.2, 0) is 16.1 Å². The summed E-state index contributed by atoms with van der Waals surface area (Å²) in [5, 5.41) is 0. The van der Waals surface area contributed by atoms with E-state index in [1.165, 1.54) is 16.7 Å². The maximum absolute atomic E-state index is 13.5. The second-order valence-electron chi connectivity index (χ2n) is 8.47. The summed E-state index contributed by atoms with van der Waals surface area (Å²) >= 11 is 0. The summed E-state index contributed by atoms with van der Waals surface area (Å²) in [6.07, 6.45) is 1.27. The summed E-state index contributed by atoms with van der Waals surface area (Å²) < 4.78 is 13.1. The van der Waals surface area contributed by atoms with Gasteiger partial charge in [-0.05, 0) is 51.7 Å². The number of amides is 1. The standard InChI is InChI=1S/C25H30N2O4/c1-5-30-25(29)19-8-10-26(11-9-19)24(28)22-14-23-21(13-18(4)31-23)27(22)15-20-12-16(2)6-7-17(20)3/h6-7,12-14,19H,5,8-11,15H2,1-4H3. The van der Waals surface area contributed by atoms with E-state index < -0.39 is 0 Å². The van der Waals surface area contributed by atoms with E-state index in [-0.39, 0.29) is 17.8 Å². The van der Waals surface area contributed by atoms with Gasteiger partial charge in [-0.15, -0.1) is 0 Å². The van der Waals surface area contributed by atoms with Crippen molar-refractivity contribution in [2.45, 2.75) is 47.1 Å². The van der Waals surface area contributed by atoms with Crippen molar-refractivity contribution in [2.24, 2.45) is 5.92 Å². The number of aryl methyl sites for hydroxylation is 3. The fraction of sp³-hybridized carbons (Fsp3) is 0.440. The number of likely N-dealkylation sites (tertiary alicyclic amines) is 1. The number of furan rings is 1. The number of carbonyl (C=O) groups excluding carboxylic acids is 2. The van der Waals surface area contributed by atoms with E-state index in [4.69, 9.17) is 9.15 Å². The molecule has 1 amide bonds. The predicted molar refractivity (Wildman–Crippen MR) is 119 cm³/mol. The summed E-state index contributed by atoms with van der Waals surface area (Å²) in [5.41, 5.74) is 5.87. The molecule has 6 heteroatoms. The van der Waals surface area contributed by atoms with E-state index in [9.17, 15) is 9.59 Å². The van der Waals surface area contributed by atoms with Crippen LogP contribution < -0.4 is 0 Å². The second-order valence-corrected chi connectivity index (χ2v) is 8.47. The van der Waals surface area contributed by atoms with Gasteiger partial charge in [-0.25, -0.2) is 0 Å². The van der Waals surface area contributed by atoms with Gasteiger partial charge in [-0.2, -0.15) is 0 Å². The SMILES string of the molecule is CCOC(=O)C1CCN(C(=O)c2cc3oc(C)cc3n2Cc2cc(C)ccc2C)CC1. The van der Waals surface area contributed by atoms with Crippen molar-refractivity contribution in [1.29, 1.82) is 0 Å². The van der Waals surface area contributed by atoms with Crippen molar-refractivity contribution in [2.75, 3.05) is 19.7 Å². The van der Waals surface area contributed by atoms with Crippen molar-refractivity contribution in [3.8, 4) is 0 Å². The van der Waals surface area contributed by atoms with Gasteiger partial charge in [-0.3, -0.25) is 9.59 Å². The van der Waals surface area contributed by atoms with Crippen molar-refractivity contribution in [3.05, 3.63) is 58.5 Å². The van der Waals surface area contributed by atoms with E-state index in [1.54, 1.807) is 0 Å². The lowest BCUT2D eigenvalue weighted by Crippen LogP contribution is -2.41. The lowest BCUT2D eigenvalue weighted by Gasteiger charge is -2.31. The Balaban J connectivity index is 1.61. The normalized spacial score (nSPS) is 14.9. The van der Waals surface area contributed by atoms with Gasteiger partial charge in [-0.1, -0.05) is 23.8 Å². The molecule has 1 aliphatic heterocycles. The number of fused-ring (bicyclic) bond motifs is 1. The predicted octanol–water partition coefficient (Wildman–Crippen LogP) is 4.62. The largest absolute Gasteiger partial charge is 0.466 e. The van der Waals surface area contributed by atoms with Crippen LogP contribution >= 0.6 is 0 Å². The topological polar surface area (TPSA) is 64.7 Å². The molecule has 0 N–H and O–H groups in total. The van der Waals surface area contributed by atoms with Crippen LogP contribution in [0.4, 0.5) is 0 Å². The minimum Gasteiger partial charge on any atom is -0.466 e. The number of benzene rings is 1. The zero-order valence-electron chi connectivity index (χ0n) is 18.7. The molecule has 1 aromatic carbocycles. The molecule has 0 bridgehead atoms. The van der Waals surface area contributed by atoms with E-state index in [0.29, 0.717) is 44.8 Å². The van der Waals surface area contributed by atoms with Crippen LogP contribution in [0.15, 0.2) is 34.7 Å². The van der Waals surface area contributed by atoms with Gasteiger partial charge in [0.2, 0.25) is 0 Å². The molecule has 1 saturated heterocycles. The molecule has 0 saturated carbocycles. The van der Waals surface area contributed by atoms with Crippen LogP contribution in [0.5, 0.6) is 0 Å². The molecule has 6 nitrogen and oxygen atoms in total. The quantitative estimate of drug-likeness (QED) is 0.563. The number of piperidine rings is 1. The van der Waals surface area contributed by atoms with Gasteiger partial charge in [0.1, 0.15) is 11.5 Å². The second kappa shape index (κ2) is 8.61. The number of hydrogen-bond acceptors (Lipinski definition) is 4. The van der Waals surface area contributed by atoms with Crippen molar-refractivity contribution < 1.29 is 18.7 Å². The first kappa shape index (κ1) is 21.2. The van der Waals surface area contributed by atoms with Crippen molar-refractivity contribution >= 4 is 23.0 Å². The van der Waals surface area contributed by atoms with Crippen LogP contribution in [0.1, 0.15) is 52.7 Å². The third-order valence-electron chi connectivity index (χ3n) is 6.17. The molecule has 0 unspecified atom stereocenters. The maximum Gasteiger partial charge on any atom is 0.309 e. The van der Waals surface area contributed by atoms with E-state index in [2.05, 4.69) is 36.6 Å². The fourth-order valence-electron chi connectivity index (χ4n) is 4.39.